The van der Waals surface area contributed by atoms with E-state index in [1.54, 1.807) is 6.20 Å². The minimum absolute atomic E-state index is 0.0747. The normalized spacial score (nSPS) is 9.75. The van der Waals surface area contributed by atoms with E-state index >= 15 is 0 Å². The van der Waals surface area contributed by atoms with Gasteiger partial charge < -0.3 is 5.11 Å². The second-order valence-electron chi connectivity index (χ2n) is 1.26. The van der Waals surface area contributed by atoms with Crippen molar-refractivity contribution in [1.82, 2.24) is 4.37 Å². The number of aromatic nitrogens is 1. The number of aliphatic hydroxyl groups is 1. The first-order valence-electron chi connectivity index (χ1n) is 2.04. The highest BCUT2D eigenvalue weighted by atomic mass is 79.9. The van der Waals surface area contributed by atoms with Crippen molar-refractivity contribution in [2.45, 2.75) is 6.61 Å². The SMILES string of the molecule is OCc1sncc1Br. The molecule has 1 aromatic rings. The van der Waals surface area contributed by atoms with Gasteiger partial charge in [-0.3, -0.25) is 0 Å². The molecule has 8 heavy (non-hydrogen) atoms. The van der Waals surface area contributed by atoms with Crippen molar-refractivity contribution >= 4 is 27.5 Å². The molecular formula is C4H4BrNOS. The quantitative estimate of drug-likeness (QED) is 0.732. The van der Waals surface area contributed by atoms with E-state index in [1.807, 2.05) is 0 Å². The zero-order valence-electron chi connectivity index (χ0n) is 3.97. The van der Waals surface area contributed by atoms with Crippen LogP contribution < -0.4 is 0 Å². The fourth-order valence-corrected chi connectivity index (χ4v) is 1.42. The van der Waals surface area contributed by atoms with Crippen LogP contribution in [0.5, 0.6) is 0 Å². The zero-order valence-corrected chi connectivity index (χ0v) is 6.37. The molecule has 1 heterocycles. The number of hydrogen-bond acceptors (Lipinski definition) is 3. The van der Waals surface area contributed by atoms with Gasteiger partial charge in [0.2, 0.25) is 0 Å². The fourth-order valence-electron chi connectivity index (χ4n) is 0.356. The summed E-state index contributed by atoms with van der Waals surface area (Å²) in [6, 6.07) is 0. The molecule has 1 rings (SSSR count). The first-order valence-corrected chi connectivity index (χ1v) is 3.61. The maximum Gasteiger partial charge on any atom is 0.0801 e. The summed E-state index contributed by atoms with van der Waals surface area (Å²) >= 11 is 4.52. The molecule has 0 fully saturated rings. The first-order chi connectivity index (χ1) is 3.84. The second kappa shape index (κ2) is 2.57. The van der Waals surface area contributed by atoms with Gasteiger partial charge in [0.1, 0.15) is 0 Å². The third kappa shape index (κ3) is 1.07. The van der Waals surface area contributed by atoms with Gasteiger partial charge in [-0.15, -0.1) is 0 Å². The zero-order chi connectivity index (χ0) is 5.98. The Bertz CT molecular complexity index is 176. The highest BCUT2D eigenvalue weighted by molar-refractivity contribution is 9.10. The summed E-state index contributed by atoms with van der Waals surface area (Å²) < 4.78 is 4.72. The van der Waals surface area contributed by atoms with Crippen molar-refractivity contribution in [3.05, 3.63) is 15.5 Å². The molecule has 0 aliphatic heterocycles. The predicted octanol–water partition coefficient (Wildman–Crippen LogP) is 1.40. The molecule has 0 atom stereocenters. The maximum absolute atomic E-state index is 8.55. The molecule has 0 unspecified atom stereocenters. The Hall–Kier alpha value is 0.0700. The summed E-state index contributed by atoms with van der Waals surface area (Å²) in [4.78, 5) is 0.880. The van der Waals surface area contributed by atoms with Gasteiger partial charge in [0, 0.05) is 0 Å². The molecule has 0 amide bonds. The summed E-state index contributed by atoms with van der Waals surface area (Å²) in [5.41, 5.74) is 0. The molecule has 0 radical (unpaired) electrons. The van der Waals surface area contributed by atoms with Gasteiger partial charge in [0.25, 0.3) is 0 Å². The third-order valence-corrected chi connectivity index (χ3v) is 2.46. The fraction of sp³-hybridized carbons (Fsp3) is 0.250. The Balaban J connectivity index is 2.92. The topological polar surface area (TPSA) is 33.1 Å². The van der Waals surface area contributed by atoms with Crippen LogP contribution in [0.15, 0.2) is 10.7 Å². The molecule has 2 nitrogen and oxygen atoms in total. The van der Waals surface area contributed by atoms with Crippen molar-refractivity contribution in [2.24, 2.45) is 0 Å². The van der Waals surface area contributed by atoms with Crippen molar-refractivity contribution < 1.29 is 5.11 Å². The molecule has 0 aliphatic carbocycles. The van der Waals surface area contributed by atoms with Crippen LogP contribution in [0.3, 0.4) is 0 Å². The van der Waals surface area contributed by atoms with Gasteiger partial charge >= 0.3 is 0 Å². The Morgan fingerprint density at radius 1 is 1.88 bits per heavy atom. The first kappa shape index (κ1) is 6.19. The van der Waals surface area contributed by atoms with Gasteiger partial charge in [-0.05, 0) is 27.5 Å². The van der Waals surface area contributed by atoms with Crippen LogP contribution >= 0.6 is 27.5 Å². The van der Waals surface area contributed by atoms with Crippen LogP contribution in [0, 0.1) is 0 Å². The molecule has 0 aromatic carbocycles. The average Bonchev–Trinajstić information content (AvgIpc) is 2.14. The minimum Gasteiger partial charge on any atom is -0.391 e. The summed E-state index contributed by atoms with van der Waals surface area (Å²) in [5.74, 6) is 0. The molecule has 0 bridgehead atoms. The average molecular weight is 194 g/mol. The van der Waals surface area contributed by atoms with E-state index in [9.17, 15) is 0 Å². The highest BCUT2D eigenvalue weighted by Crippen LogP contribution is 2.18. The molecule has 0 saturated heterocycles. The predicted molar refractivity (Wildman–Crippen MR) is 35.7 cm³/mol. The van der Waals surface area contributed by atoms with Crippen LogP contribution in [-0.4, -0.2) is 9.48 Å². The molecule has 0 spiro atoms. The van der Waals surface area contributed by atoms with Crippen LogP contribution in [-0.2, 0) is 6.61 Å². The lowest BCUT2D eigenvalue weighted by Crippen LogP contribution is -1.73. The smallest absolute Gasteiger partial charge is 0.0801 e. The lowest BCUT2D eigenvalue weighted by atomic mass is 10.5. The van der Waals surface area contributed by atoms with E-state index < -0.39 is 0 Å². The molecule has 1 aromatic heterocycles. The highest BCUT2D eigenvalue weighted by Gasteiger charge is 1.97. The van der Waals surface area contributed by atoms with E-state index in [1.165, 1.54) is 11.5 Å². The standard InChI is InChI=1S/C4H4BrNOS/c5-3-1-6-8-4(3)2-7/h1,7H,2H2. The monoisotopic (exact) mass is 193 g/mol. The molecule has 1 N–H and O–H groups in total. The van der Waals surface area contributed by atoms with E-state index in [-0.39, 0.29) is 6.61 Å². The maximum atomic E-state index is 8.55. The Kier molecular flexibility index (Phi) is 1.99. The number of aliphatic hydroxyl groups excluding tert-OH is 1. The van der Waals surface area contributed by atoms with Crippen LogP contribution in [0.4, 0.5) is 0 Å². The molecular weight excluding hydrogens is 190 g/mol. The van der Waals surface area contributed by atoms with Crippen molar-refractivity contribution in [3.63, 3.8) is 0 Å². The van der Waals surface area contributed by atoms with E-state index in [4.69, 9.17) is 5.11 Å². The Morgan fingerprint density at radius 2 is 2.62 bits per heavy atom. The Labute approximate surface area is 59.5 Å². The largest absolute Gasteiger partial charge is 0.391 e. The van der Waals surface area contributed by atoms with E-state index in [2.05, 4.69) is 20.3 Å². The van der Waals surface area contributed by atoms with Crippen molar-refractivity contribution in [3.8, 4) is 0 Å². The van der Waals surface area contributed by atoms with Crippen molar-refractivity contribution in [2.75, 3.05) is 0 Å². The lowest BCUT2D eigenvalue weighted by Gasteiger charge is -1.83. The van der Waals surface area contributed by atoms with Gasteiger partial charge in [-0.2, -0.15) is 4.37 Å². The summed E-state index contributed by atoms with van der Waals surface area (Å²) in [7, 11) is 0. The van der Waals surface area contributed by atoms with Gasteiger partial charge in [0.05, 0.1) is 22.2 Å². The van der Waals surface area contributed by atoms with Crippen molar-refractivity contribution in [1.29, 1.82) is 0 Å². The van der Waals surface area contributed by atoms with E-state index in [0.29, 0.717) is 0 Å². The molecule has 44 valence electrons. The number of nitrogens with zero attached hydrogens (tertiary/aromatic N) is 1. The van der Waals surface area contributed by atoms with Crippen LogP contribution in [0.1, 0.15) is 4.88 Å². The number of rotatable bonds is 1. The van der Waals surface area contributed by atoms with Crippen LogP contribution in [0.2, 0.25) is 0 Å². The molecule has 0 aliphatic rings. The van der Waals surface area contributed by atoms with Gasteiger partial charge in [-0.25, -0.2) is 0 Å². The molecule has 4 heteroatoms. The second-order valence-corrected chi connectivity index (χ2v) is 3.00. The van der Waals surface area contributed by atoms with Crippen LogP contribution in [0.25, 0.3) is 0 Å². The van der Waals surface area contributed by atoms with Gasteiger partial charge in [-0.1, -0.05) is 0 Å². The number of halogens is 1. The Morgan fingerprint density at radius 3 is 2.88 bits per heavy atom. The third-order valence-electron chi connectivity index (χ3n) is 0.739. The van der Waals surface area contributed by atoms with E-state index in [0.717, 1.165) is 9.35 Å². The van der Waals surface area contributed by atoms with Gasteiger partial charge in [0.15, 0.2) is 0 Å². The lowest BCUT2D eigenvalue weighted by molar-refractivity contribution is 0.285. The summed E-state index contributed by atoms with van der Waals surface area (Å²) in [6.45, 7) is 0.0747. The number of hydrogen-bond donors (Lipinski definition) is 1. The summed E-state index contributed by atoms with van der Waals surface area (Å²) in [6.07, 6.45) is 1.68. The summed E-state index contributed by atoms with van der Waals surface area (Å²) in [5, 5.41) is 8.55. The minimum atomic E-state index is 0.0747. The molecule has 0 saturated carbocycles.